The first-order valence-electron chi connectivity index (χ1n) is 6.79. The third-order valence-corrected chi connectivity index (χ3v) is 3.44. The maximum absolute atomic E-state index is 12.0. The maximum Gasteiger partial charge on any atom is 0.222 e. The van der Waals surface area contributed by atoms with Crippen LogP contribution in [0.1, 0.15) is 58.3 Å². The van der Waals surface area contributed by atoms with Gasteiger partial charge in [0.1, 0.15) is 0 Å². The predicted molar refractivity (Wildman–Crippen MR) is 67.2 cm³/mol. The molecule has 1 heterocycles. The summed E-state index contributed by atoms with van der Waals surface area (Å²) in [6.45, 7) is 3.85. The van der Waals surface area contributed by atoms with E-state index in [4.69, 9.17) is 5.73 Å². The molecule has 0 bridgehead atoms. The van der Waals surface area contributed by atoms with Gasteiger partial charge in [0.25, 0.3) is 0 Å². The Morgan fingerprint density at radius 1 is 1.38 bits per heavy atom. The zero-order valence-corrected chi connectivity index (χ0v) is 10.6. The van der Waals surface area contributed by atoms with E-state index in [-0.39, 0.29) is 0 Å². The van der Waals surface area contributed by atoms with Crippen LogP contribution in [0.4, 0.5) is 0 Å². The largest absolute Gasteiger partial charge is 0.340 e. The summed E-state index contributed by atoms with van der Waals surface area (Å²) in [4.78, 5) is 14.0. The first-order valence-corrected chi connectivity index (χ1v) is 6.79. The van der Waals surface area contributed by atoms with Crippen molar-refractivity contribution in [3.8, 4) is 0 Å². The van der Waals surface area contributed by atoms with E-state index in [9.17, 15) is 4.79 Å². The number of carbonyl (C=O) groups is 1. The highest BCUT2D eigenvalue weighted by molar-refractivity contribution is 5.76. The van der Waals surface area contributed by atoms with Gasteiger partial charge in [-0.25, -0.2) is 0 Å². The molecule has 0 saturated carbocycles. The zero-order chi connectivity index (χ0) is 11.8. The lowest BCUT2D eigenvalue weighted by atomic mass is 10.1. The van der Waals surface area contributed by atoms with Crippen LogP contribution in [0.3, 0.4) is 0 Å². The quantitative estimate of drug-likeness (QED) is 0.677. The van der Waals surface area contributed by atoms with E-state index in [0.717, 1.165) is 38.6 Å². The molecule has 0 aromatic rings. The Labute approximate surface area is 99.4 Å². The smallest absolute Gasteiger partial charge is 0.222 e. The molecule has 0 aromatic heterocycles. The fourth-order valence-corrected chi connectivity index (χ4v) is 2.50. The lowest BCUT2D eigenvalue weighted by molar-refractivity contribution is -0.132. The standard InChI is InChI=1S/C13H26N2O/c1-2-3-4-5-8-13(16)15-11-6-7-12(15)9-10-14/h12H,2-11,14H2,1H3. The number of nitrogens with two attached hydrogens (primary N) is 1. The molecule has 1 atom stereocenters. The number of rotatable bonds is 7. The van der Waals surface area contributed by atoms with Crippen molar-refractivity contribution in [1.29, 1.82) is 0 Å². The molecule has 0 aromatic carbocycles. The molecule has 1 amide bonds. The van der Waals surface area contributed by atoms with Crippen LogP contribution < -0.4 is 5.73 Å². The molecule has 1 aliphatic heterocycles. The average molecular weight is 226 g/mol. The van der Waals surface area contributed by atoms with Gasteiger partial charge >= 0.3 is 0 Å². The van der Waals surface area contributed by atoms with Crippen LogP contribution in [0.15, 0.2) is 0 Å². The van der Waals surface area contributed by atoms with Crippen molar-refractivity contribution in [3.63, 3.8) is 0 Å². The third-order valence-electron chi connectivity index (χ3n) is 3.44. The van der Waals surface area contributed by atoms with Gasteiger partial charge in [0, 0.05) is 19.0 Å². The molecule has 1 aliphatic rings. The second-order valence-corrected chi connectivity index (χ2v) is 4.77. The first kappa shape index (κ1) is 13.5. The summed E-state index contributed by atoms with van der Waals surface area (Å²) in [6.07, 6.45) is 8.74. The highest BCUT2D eigenvalue weighted by Gasteiger charge is 2.27. The van der Waals surface area contributed by atoms with Crippen LogP contribution in [0, 0.1) is 0 Å². The molecule has 1 unspecified atom stereocenters. The van der Waals surface area contributed by atoms with Crippen LogP contribution in [-0.4, -0.2) is 29.9 Å². The summed E-state index contributed by atoms with van der Waals surface area (Å²) < 4.78 is 0. The highest BCUT2D eigenvalue weighted by atomic mass is 16.2. The molecule has 3 nitrogen and oxygen atoms in total. The van der Waals surface area contributed by atoms with Gasteiger partial charge in [-0.15, -0.1) is 0 Å². The van der Waals surface area contributed by atoms with E-state index in [1.165, 1.54) is 19.3 Å². The molecule has 1 fully saturated rings. The van der Waals surface area contributed by atoms with E-state index >= 15 is 0 Å². The van der Waals surface area contributed by atoms with E-state index < -0.39 is 0 Å². The van der Waals surface area contributed by atoms with Crippen LogP contribution in [-0.2, 0) is 4.79 Å². The van der Waals surface area contributed by atoms with Crippen molar-refractivity contribution in [2.75, 3.05) is 13.1 Å². The molecule has 0 aliphatic carbocycles. The lowest BCUT2D eigenvalue weighted by Crippen LogP contribution is -2.36. The monoisotopic (exact) mass is 226 g/mol. The van der Waals surface area contributed by atoms with Crippen molar-refractivity contribution in [2.45, 2.75) is 64.3 Å². The predicted octanol–water partition coefficient (Wildman–Crippen LogP) is 2.30. The second-order valence-electron chi connectivity index (χ2n) is 4.77. The fraction of sp³-hybridized carbons (Fsp3) is 0.923. The van der Waals surface area contributed by atoms with Gasteiger partial charge in [-0.3, -0.25) is 4.79 Å². The number of unbranched alkanes of at least 4 members (excludes halogenated alkanes) is 3. The topological polar surface area (TPSA) is 46.3 Å². The van der Waals surface area contributed by atoms with Crippen molar-refractivity contribution in [1.82, 2.24) is 4.90 Å². The van der Waals surface area contributed by atoms with Crippen LogP contribution in [0.5, 0.6) is 0 Å². The lowest BCUT2D eigenvalue weighted by Gasteiger charge is -2.24. The van der Waals surface area contributed by atoms with Crippen molar-refractivity contribution < 1.29 is 4.79 Å². The SMILES string of the molecule is CCCCCCC(=O)N1CCCC1CCN. The molecule has 1 saturated heterocycles. The van der Waals surface area contributed by atoms with Crippen LogP contribution in [0.25, 0.3) is 0 Å². The van der Waals surface area contributed by atoms with Gasteiger partial charge in [-0.05, 0) is 32.2 Å². The highest BCUT2D eigenvalue weighted by Crippen LogP contribution is 2.21. The van der Waals surface area contributed by atoms with E-state index in [1.54, 1.807) is 0 Å². The number of hydrogen-bond donors (Lipinski definition) is 1. The molecule has 3 heteroatoms. The van der Waals surface area contributed by atoms with Gasteiger partial charge < -0.3 is 10.6 Å². The second kappa shape index (κ2) is 7.66. The number of hydrogen-bond acceptors (Lipinski definition) is 2. The molecular formula is C13H26N2O. The number of nitrogens with zero attached hydrogens (tertiary/aromatic N) is 1. The zero-order valence-electron chi connectivity index (χ0n) is 10.6. The van der Waals surface area contributed by atoms with Gasteiger partial charge in [0.15, 0.2) is 0 Å². The summed E-state index contributed by atoms with van der Waals surface area (Å²) >= 11 is 0. The Kier molecular flexibility index (Phi) is 6.46. The normalized spacial score (nSPS) is 20.4. The van der Waals surface area contributed by atoms with Gasteiger partial charge in [0.05, 0.1) is 0 Å². The number of carbonyl (C=O) groups excluding carboxylic acids is 1. The minimum absolute atomic E-state index is 0.354. The average Bonchev–Trinajstić information content (AvgIpc) is 2.73. The molecule has 0 radical (unpaired) electrons. The number of amides is 1. The Hall–Kier alpha value is -0.570. The van der Waals surface area contributed by atoms with E-state index in [1.807, 2.05) is 0 Å². The minimum Gasteiger partial charge on any atom is -0.340 e. The molecular weight excluding hydrogens is 200 g/mol. The Morgan fingerprint density at radius 2 is 2.19 bits per heavy atom. The minimum atomic E-state index is 0.354. The molecule has 16 heavy (non-hydrogen) atoms. The Balaban J connectivity index is 2.23. The van der Waals surface area contributed by atoms with Gasteiger partial charge in [-0.1, -0.05) is 26.2 Å². The first-order chi connectivity index (χ1) is 7.79. The Bertz CT molecular complexity index is 206. The van der Waals surface area contributed by atoms with Crippen molar-refractivity contribution in [2.24, 2.45) is 5.73 Å². The number of likely N-dealkylation sites (tertiary alicyclic amines) is 1. The van der Waals surface area contributed by atoms with Crippen molar-refractivity contribution in [3.05, 3.63) is 0 Å². The van der Waals surface area contributed by atoms with Gasteiger partial charge in [0.2, 0.25) is 5.91 Å². The summed E-state index contributed by atoms with van der Waals surface area (Å²) in [5.74, 6) is 0.354. The summed E-state index contributed by atoms with van der Waals surface area (Å²) in [7, 11) is 0. The van der Waals surface area contributed by atoms with Crippen LogP contribution in [0.2, 0.25) is 0 Å². The Morgan fingerprint density at radius 3 is 2.88 bits per heavy atom. The fourth-order valence-electron chi connectivity index (χ4n) is 2.50. The van der Waals surface area contributed by atoms with Gasteiger partial charge in [-0.2, -0.15) is 0 Å². The third kappa shape index (κ3) is 4.12. The molecule has 0 spiro atoms. The molecule has 2 N–H and O–H groups in total. The van der Waals surface area contributed by atoms with Crippen LogP contribution >= 0.6 is 0 Å². The molecule has 1 rings (SSSR count). The summed E-state index contributed by atoms with van der Waals surface area (Å²) in [5.41, 5.74) is 5.57. The van der Waals surface area contributed by atoms with E-state index in [0.29, 0.717) is 18.5 Å². The van der Waals surface area contributed by atoms with Crippen molar-refractivity contribution >= 4 is 5.91 Å². The maximum atomic E-state index is 12.0. The van der Waals surface area contributed by atoms with E-state index in [2.05, 4.69) is 11.8 Å². The summed E-state index contributed by atoms with van der Waals surface area (Å²) in [5, 5.41) is 0. The molecule has 94 valence electrons. The summed E-state index contributed by atoms with van der Waals surface area (Å²) in [6, 6.07) is 0.434.